The molecule has 0 radical (unpaired) electrons. The van der Waals surface area contributed by atoms with E-state index in [4.69, 9.17) is 5.11 Å². The number of amides is 2. The highest BCUT2D eigenvalue weighted by molar-refractivity contribution is 7.09. The first-order chi connectivity index (χ1) is 8.91. The second kappa shape index (κ2) is 7.13. The number of aliphatic carboxylic acids is 1. The summed E-state index contributed by atoms with van der Waals surface area (Å²) >= 11 is 1.60. The van der Waals surface area contributed by atoms with E-state index in [1.807, 2.05) is 31.4 Å². The third-order valence-electron chi connectivity index (χ3n) is 2.77. The first kappa shape index (κ1) is 15.5. The highest BCUT2D eigenvalue weighted by Crippen LogP contribution is 2.14. The number of nitrogens with one attached hydrogen (secondary N) is 1. The minimum absolute atomic E-state index is 0.0576. The summed E-state index contributed by atoms with van der Waals surface area (Å²) in [5.74, 6) is -1.49. The number of carbonyl (C=O) groups excluding carboxylic acids is 1. The maximum atomic E-state index is 12.1. The molecule has 0 saturated heterocycles. The number of carboxylic acid groups (broad SMARTS) is 1. The zero-order valence-corrected chi connectivity index (χ0v) is 12.2. The van der Waals surface area contributed by atoms with Crippen LogP contribution in [0, 0.1) is 5.92 Å². The fraction of sp³-hybridized carbons (Fsp3) is 0.538. The average molecular weight is 284 g/mol. The SMILES string of the molecule is CC(CNC(=O)N(Cc1cccs1)C(C)C)C(=O)O. The molecular weight excluding hydrogens is 264 g/mol. The normalized spacial score (nSPS) is 12.2. The van der Waals surface area contributed by atoms with Crippen molar-refractivity contribution in [2.45, 2.75) is 33.4 Å². The molecule has 0 spiro atoms. The van der Waals surface area contributed by atoms with Gasteiger partial charge in [0.2, 0.25) is 0 Å². The molecule has 2 N–H and O–H groups in total. The number of rotatable bonds is 6. The zero-order valence-electron chi connectivity index (χ0n) is 11.4. The lowest BCUT2D eigenvalue weighted by molar-refractivity contribution is -0.140. The molecule has 0 aromatic carbocycles. The van der Waals surface area contributed by atoms with Gasteiger partial charge in [0.25, 0.3) is 0 Å². The number of hydrogen-bond acceptors (Lipinski definition) is 3. The van der Waals surface area contributed by atoms with E-state index in [9.17, 15) is 9.59 Å². The van der Waals surface area contributed by atoms with Crippen LogP contribution in [-0.4, -0.2) is 34.6 Å². The summed E-state index contributed by atoms with van der Waals surface area (Å²) in [5, 5.41) is 13.4. The fourth-order valence-corrected chi connectivity index (χ4v) is 2.19. The van der Waals surface area contributed by atoms with Crippen LogP contribution in [0.3, 0.4) is 0 Å². The third-order valence-corrected chi connectivity index (χ3v) is 3.63. The van der Waals surface area contributed by atoms with Crippen molar-refractivity contribution in [3.63, 3.8) is 0 Å². The summed E-state index contributed by atoms with van der Waals surface area (Å²) in [6.45, 7) is 6.13. The molecule has 0 fully saturated rings. The summed E-state index contributed by atoms with van der Waals surface area (Å²) in [6, 6.07) is 3.76. The molecule has 1 atom stereocenters. The standard InChI is InChI=1S/C13H20N2O3S/c1-9(2)15(8-11-5-4-6-19-11)13(18)14-7-10(3)12(16)17/h4-6,9-10H,7-8H2,1-3H3,(H,14,18)(H,16,17). The summed E-state index contributed by atoms with van der Waals surface area (Å²) in [6.07, 6.45) is 0. The molecule has 1 unspecified atom stereocenters. The van der Waals surface area contributed by atoms with Crippen molar-refractivity contribution in [1.29, 1.82) is 0 Å². The van der Waals surface area contributed by atoms with Gasteiger partial charge in [-0.2, -0.15) is 0 Å². The van der Waals surface area contributed by atoms with E-state index in [2.05, 4.69) is 5.32 Å². The first-order valence-electron chi connectivity index (χ1n) is 6.21. The molecule has 1 aromatic heterocycles. The molecule has 1 rings (SSSR count). The number of nitrogens with zero attached hydrogens (tertiary/aromatic N) is 1. The Bertz CT molecular complexity index is 418. The van der Waals surface area contributed by atoms with Gasteiger partial charge in [0.05, 0.1) is 12.5 Å². The molecule has 0 saturated carbocycles. The molecule has 5 nitrogen and oxygen atoms in total. The monoisotopic (exact) mass is 284 g/mol. The smallest absolute Gasteiger partial charge is 0.317 e. The van der Waals surface area contributed by atoms with Crippen LogP contribution in [0.15, 0.2) is 17.5 Å². The Labute approximate surface area is 117 Å². The van der Waals surface area contributed by atoms with Gasteiger partial charge in [-0.05, 0) is 25.3 Å². The van der Waals surface area contributed by atoms with Gasteiger partial charge in [0, 0.05) is 17.5 Å². The third kappa shape index (κ3) is 4.90. The molecule has 2 amide bonds. The predicted molar refractivity (Wildman–Crippen MR) is 75.2 cm³/mol. The van der Waals surface area contributed by atoms with E-state index in [0.29, 0.717) is 6.54 Å². The lowest BCUT2D eigenvalue weighted by Gasteiger charge is -2.26. The van der Waals surface area contributed by atoms with Crippen LogP contribution in [0.2, 0.25) is 0 Å². The van der Waals surface area contributed by atoms with Gasteiger partial charge in [0.1, 0.15) is 0 Å². The van der Waals surface area contributed by atoms with Gasteiger partial charge in [-0.15, -0.1) is 11.3 Å². The number of hydrogen-bond donors (Lipinski definition) is 2. The second-order valence-corrected chi connectivity index (χ2v) is 5.76. The Morgan fingerprint density at radius 2 is 2.11 bits per heavy atom. The van der Waals surface area contributed by atoms with E-state index in [0.717, 1.165) is 4.88 Å². The quantitative estimate of drug-likeness (QED) is 0.842. The largest absolute Gasteiger partial charge is 0.481 e. The van der Waals surface area contributed by atoms with Gasteiger partial charge >= 0.3 is 12.0 Å². The maximum absolute atomic E-state index is 12.1. The van der Waals surface area contributed by atoms with Crippen LogP contribution < -0.4 is 5.32 Å². The van der Waals surface area contributed by atoms with Crippen LogP contribution in [0.4, 0.5) is 4.79 Å². The van der Waals surface area contributed by atoms with E-state index in [1.54, 1.807) is 23.2 Å². The van der Waals surface area contributed by atoms with E-state index in [1.165, 1.54) is 0 Å². The summed E-state index contributed by atoms with van der Waals surface area (Å²) < 4.78 is 0. The van der Waals surface area contributed by atoms with Gasteiger partial charge in [-0.3, -0.25) is 4.79 Å². The van der Waals surface area contributed by atoms with Crippen molar-refractivity contribution in [3.8, 4) is 0 Å². The lowest BCUT2D eigenvalue weighted by Crippen LogP contribution is -2.45. The van der Waals surface area contributed by atoms with Crippen molar-refractivity contribution in [1.82, 2.24) is 10.2 Å². The second-order valence-electron chi connectivity index (χ2n) is 4.73. The maximum Gasteiger partial charge on any atom is 0.317 e. The van der Waals surface area contributed by atoms with Crippen LogP contribution in [-0.2, 0) is 11.3 Å². The Balaban J connectivity index is 2.56. The minimum atomic E-state index is -0.908. The molecular formula is C13H20N2O3S. The van der Waals surface area contributed by atoms with Crippen LogP contribution in [0.1, 0.15) is 25.6 Å². The number of urea groups is 1. The average Bonchev–Trinajstić information content (AvgIpc) is 2.84. The molecule has 0 aliphatic heterocycles. The highest BCUT2D eigenvalue weighted by atomic mass is 32.1. The molecule has 19 heavy (non-hydrogen) atoms. The molecule has 6 heteroatoms. The van der Waals surface area contributed by atoms with Gasteiger partial charge in [-0.25, -0.2) is 4.79 Å². The van der Waals surface area contributed by atoms with E-state index >= 15 is 0 Å². The first-order valence-corrected chi connectivity index (χ1v) is 7.09. The number of carbonyl (C=O) groups is 2. The number of thiophene rings is 1. The molecule has 0 aliphatic carbocycles. The summed E-state index contributed by atoms with van der Waals surface area (Å²) in [7, 11) is 0. The highest BCUT2D eigenvalue weighted by Gasteiger charge is 2.19. The molecule has 106 valence electrons. The molecule has 1 aromatic rings. The topological polar surface area (TPSA) is 69.6 Å². The van der Waals surface area contributed by atoms with Gasteiger partial charge < -0.3 is 15.3 Å². The number of carboxylic acids is 1. The molecule has 1 heterocycles. The molecule has 0 aliphatic rings. The van der Waals surface area contributed by atoms with Crippen molar-refractivity contribution in [3.05, 3.63) is 22.4 Å². The summed E-state index contributed by atoms with van der Waals surface area (Å²) in [5.41, 5.74) is 0. The predicted octanol–water partition coefficient (Wildman–Crippen LogP) is 2.39. The van der Waals surface area contributed by atoms with Crippen molar-refractivity contribution < 1.29 is 14.7 Å². The van der Waals surface area contributed by atoms with Crippen LogP contribution in [0.5, 0.6) is 0 Å². The Kier molecular flexibility index (Phi) is 5.82. The van der Waals surface area contributed by atoms with Gasteiger partial charge in [0.15, 0.2) is 0 Å². The zero-order chi connectivity index (χ0) is 14.4. The van der Waals surface area contributed by atoms with E-state index in [-0.39, 0.29) is 18.6 Å². The minimum Gasteiger partial charge on any atom is -0.481 e. The van der Waals surface area contributed by atoms with Gasteiger partial charge in [-0.1, -0.05) is 13.0 Å². The lowest BCUT2D eigenvalue weighted by atomic mass is 10.2. The Morgan fingerprint density at radius 1 is 1.42 bits per heavy atom. The van der Waals surface area contributed by atoms with Crippen LogP contribution >= 0.6 is 11.3 Å². The van der Waals surface area contributed by atoms with Crippen molar-refractivity contribution >= 4 is 23.3 Å². The fourth-order valence-electron chi connectivity index (χ4n) is 1.49. The van der Waals surface area contributed by atoms with Crippen LogP contribution in [0.25, 0.3) is 0 Å². The van der Waals surface area contributed by atoms with Crippen molar-refractivity contribution in [2.75, 3.05) is 6.54 Å². The van der Waals surface area contributed by atoms with E-state index < -0.39 is 11.9 Å². The Morgan fingerprint density at radius 3 is 2.58 bits per heavy atom. The Hall–Kier alpha value is -1.56. The summed E-state index contributed by atoms with van der Waals surface area (Å²) in [4.78, 5) is 25.6. The van der Waals surface area contributed by atoms with Crippen molar-refractivity contribution in [2.24, 2.45) is 5.92 Å². The molecule has 0 bridgehead atoms.